The number of nitrogens with one attached hydrogen (secondary N) is 1. The lowest BCUT2D eigenvalue weighted by Gasteiger charge is -2.07. The Bertz CT molecular complexity index is 935. The Kier molecular flexibility index (Phi) is 5.99. The van der Waals surface area contributed by atoms with Gasteiger partial charge in [-0.15, -0.1) is 0 Å². The highest BCUT2D eigenvalue weighted by molar-refractivity contribution is 6.35. The zero-order valence-electron chi connectivity index (χ0n) is 13.1. The van der Waals surface area contributed by atoms with Crippen LogP contribution in [-0.2, 0) is 6.61 Å². The third kappa shape index (κ3) is 4.86. The monoisotopic (exact) mass is 429 g/mol. The molecule has 1 amide bonds. The zero-order chi connectivity index (χ0) is 18.7. The van der Waals surface area contributed by atoms with Gasteiger partial charge in [0.05, 0.1) is 5.02 Å². The van der Waals surface area contributed by atoms with E-state index in [9.17, 15) is 4.79 Å². The Morgan fingerprint density at radius 2 is 1.65 bits per heavy atom. The van der Waals surface area contributed by atoms with Gasteiger partial charge in [0, 0.05) is 20.8 Å². The maximum Gasteiger partial charge on any atom is 0.291 e. The number of hydrogen-bond donors (Lipinski definition) is 1. The normalized spacial score (nSPS) is 10.6. The first-order chi connectivity index (χ1) is 12.4. The van der Waals surface area contributed by atoms with E-state index in [4.69, 9.17) is 55.6 Å². The molecule has 134 valence electrons. The maximum absolute atomic E-state index is 12.2. The third-order valence-corrected chi connectivity index (χ3v) is 4.24. The van der Waals surface area contributed by atoms with Crippen LogP contribution in [0.4, 0.5) is 5.69 Å². The summed E-state index contributed by atoms with van der Waals surface area (Å²) in [4.78, 5) is 12.2. The van der Waals surface area contributed by atoms with Crippen LogP contribution >= 0.6 is 46.4 Å². The molecule has 0 bridgehead atoms. The lowest BCUT2D eigenvalue weighted by atomic mass is 10.3. The number of amides is 1. The number of halogens is 4. The Morgan fingerprint density at radius 1 is 0.923 bits per heavy atom. The lowest BCUT2D eigenvalue weighted by Crippen LogP contribution is -2.10. The summed E-state index contributed by atoms with van der Waals surface area (Å²) in [6, 6.07) is 12.8. The van der Waals surface area contributed by atoms with Crippen molar-refractivity contribution in [1.82, 2.24) is 0 Å². The van der Waals surface area contributed by atoms with Crippen molar-refractivity contribution in [2.75, 3.05) is 5.32 Å². The van der Waals surface area contributed by atoms with Crippen LogP contribution in [0.2, 0.25) is 20.1 Å². The van der Waals surface area contributed by atoms with Gasteiger partial charge < -0.3 is 14.5 Å². The Hall–Kier alpha value is -1.85. The quantitative estimate of drug-likeness (QED) is 0.488. The summed E-state index contributed by atoms with van der Waals surface area (Å²) < 4.78 is 11.1. The van der Waals surface area contributed by atoms with Crippen molar-refractivity contribution >= 4 is 58.0 Å². The highest BCUT2D eigenvalue weighted by Crippen LogP contribution is 2.28. The van der Waals surface area contributed by atoms with Crippen LogP contribution in [0.1, 0.15) is 16.3 Å². The first kappa shape index (κ1) is 18.9. The topological polar surface area (TPSA) is 51.5 Å². The minimum atomic E-state index is -0.431. The SMILES string of the molecule is O=C(Nc1cc(Cl)cc(Cl)c1)c1ccc(COc2ccc(Cl)cc2Cl)o1. The van der Waals surface area contributed by atoms with Crippen molar-refractivity contribution < 1.29 is 13.9 Å². The van der Waals surface area contributed by atoms with Crippen LogP contribution in [-0.4, -0.2) is 5.91 Å². The molecule has 0 aliphatic heterocycles. The van der Waals surface area contributed by atoms with Crippen molar-refractivity contribution in [3.8, 4) is 5.75 Å². The van der Waals surface area contributed by atoms with Gasteiger partial charge in [-0.2, -0.15) is 0 Å². The van der Waals surface area contributed by atoms with Crippen molar-refractivity contribution in [3.63, 3.8) is 0 Å². The number of anilines is 1. The summed E-state index contributed by atoms with van der Waals surface area (Å²) in [5, 5.41) is 4.40. The Morgan fingerprint density at radius 3 is 2.35 bits per heavy atom. The molecular weight excluding hydrogens is 420 g/mol. The summed E-state index contributed by atoms with van der Waals surface area (Å²) in [5.74, 6) is 0.623. The first-order valence-electron chi connectivity index (χ1n) is 7.35. The molecule has 26 heavy (non-hydrogen) atoms. The molecule has 0 saturated carbocycles. The van der Waals surface area contributed by atoms with Gasteiger partial charge in [-0.05, 0) is 48.5 Å². The summed E-state index contributed by atoms with van der Waals surface area (Å²) in [6.45, 7) is 0.109. The number of hydrogen-bond acceptors (Lipinski definition) is 3. The molecular formula is C18H11Cl4NO3. The number of carbonyl (C=O) groups is 1. The molecule has 0 radical (unpaired) electrons. The number of carbonyl (C=O) groups excluding carboxylic acids is 1. The van der Waals surface area contributed by atoms with Crippen LogP contribution in [0.3, 0.4) is 0 Å². The van der Waals surface area contributed by atoms with Crippen molar-refractivity contribution in [1.29, 1.82) is 0 Å². The largest absolute Gasteiger partial charge is 0.484 e. The molecule has 4 nitrogen and oxygen atoms in total. The smallest absolute Gasteiger partial charge is 0.291 e. The molecule has 1 N–H and O–H groups in total. The highest BCUT2D eigenvalue weighted by atomic mass is 35.5. The molecule has 0 fully saturated rings. The fraction of sp³-hybridized carbons (Fsp3) is 0.0556. The minimum Gasteiger partial charge on any atom is -0.484 e. The molecule has 0 atom stereocenters. The highest BCUT2D eigenvalue weighted by Gasteiger charge is 2.13. The van der Waals surface area contributed by atoms with Crippen LogP contribution in [0.5, 0.6) is 5.75 Å². The van der Waals surface area contributed by atoms with Crippen LogP contribution in [0, 0.1) is 0 Å². The van der Waals surface area contributed by atoms with E-state index >= 15 is 0 Å². The Labute approximate surface area is 169 Å². The summed E-state index contributed by atoms with van der Waals surface area (Å²) in [6.07, 6.45) is 0. The second kappa shape index (κ2) is 8.23. The predicted molar refractivity (Wildman–Crippen MR) is 104 cm³/mol. The molecule has 0 unspecified atom stereocenters. The van der Waals surface area contributed by atoms with E-state index in [0.717, 1.165) is 0 Å². The number of benzene rings is 2. The van der Waals surface area contributed by atoms with Gasteiger partial charge in [0.1, 0.15) is 18.1 Å². The average molecular weight is 431 g/mol. The van der Waals surface area contributed by atoms with E-state index in [2.05, 4.69) is 5.32 Å². The molecule has 3 aromatic rings. The average Bonchev–Trinajstić information content (AvgIpc) is 3.02. The van der Waals surface area contributed by atoms with Crippen LogP contribution < -0.4 is 10.1 Å². The van der Waals surface area contributed by atoms with Crippen molar-refractivity contribution in [2.24, 2.45) is 0 Å². The summed E-state index contributed by atoms with van der Waals surface area (Å²) in [5.41, 5.74) is 0.467. The molecule has 1 heterocycles. The fourth-order valence-corrected chi connectivity index (χ4v) is 3.13. The summed E-state index contributed by atoms with van der Waals surface area (Å²) in [7, 11) is 0. The van der Waals surface area contributed by atoms with E-state index in [0.29, 0.717) is 37.3 Å². The van der Waals surface area contributed by atoms with Gasteiger partial charge >= 0.3 is 0 Å². The molecule has 3 rings (SSSR count). The molecule has 1 aromatic heterocycles. The fourth-order valence-electron chi connectivity index (χ4n) is 2.14. The van der Waals surface area contributed by atoms with Gasteiger partial charge in [0.15, 0.2) is 5.76 Å². The minimum absolute atomic E-state index is 0.109. The van der Waals surface area contributed by atoms with Gasteiger partial charge in [0.2, 0.25) is 0 Å². The third-order valence-electron chi connectivity index (χ3n) is 3.27. The maximum atomic E-state index is 12.2. The molecule has 2 aromatic carbocycles. The zero-order valence-corrected chi connectivity index (χ0v) is 16.1. The number of ether oxygens (including phenoxy) is 1. The molecule has 0 aliphatic carbocycles. The van der Waals surface area contributed by atoms with Crippen LogP contribution in [0.15, 0.2) is 52.9 Å². The molecule has 8 heteroatoms. The standard InChI is InChI=1S/C18H11Cl4NO3/c19-10-1-3-16(15(22)8-10)25-9-14-2-4-17(26-14)18(24)23-13-6-11(20)5-12(21)7-13/h1-8H,9H2,(H,23,24). The molecule has 0 aliphatic rings. The van der Waals surface area contributed by atoms with Gasteiger partial charge in [0.25, 0.3) is 5.91 Å². The van der Waals surface area contributed by atoms with E-state index in [1.807, 2.05) is 0 Å². The van der Waals surface area contributed by atoms with Crippen molar-refractivity contribution in [2.45, 2.75) is 6.61 Å². The van der Waals surface area contributed by atoms with Gasteiger partial charge in [-0.1, -0.05) is 46.4 Å². The second-order valence-corrected chi connectivity index (χ2v) is 6.96. The number of rotatable bonds is 5. The van der Waals surface area contributed by atoms with Crippen LogP contribution in [0.25, 0.3) is 0 Å². The van der Waals surface area contributed by atoms with Crippen molar-refractivity contribution in [3.05, 3.63) is 80.1 Å². The number of furan rings is 1. The predicted octanol–water partition coefficient (Wildman–Crippen LogP) is 6.72. The van der Waals surface area contributed by atoms with E-state index in [-0.39, 0.29) is 12.4 Å². The second-order valence-electron chi connectivity index (χ2n) is 5.24. The van der Waals surface area contributed by atoms with E-state index in [1.165, 1.54) is 0 Å². The summed E-state index contributed by atoms with van der Waals surface area (Å²) >= 11 is 23.7. The lowest BCUT2D eigenvalue weighted by molar-refractivity contribution is 0.0992. The first-order valence-corrected chi connectivity index (χ1v) is 8.86. The molecule has 0 saturated heterocycles. The Balaban J connectivity index is 1.64. The van der Waals surface area contributed by atoms with Gasteiger partial charge in [-0.25, -0.2) is 0 Å². The van der Waals surface area contributed by atoms with E-state index in [1.54, 1.807) is 48.5 Å². The molecule has 0 spiro atoms. The van der Waals surface area contributed by atoms with Gasteiger partial charge in [-0.3, -0.25) is 4.79 Å². The van der Waals surface area contributed by atoms with E-state index < -0.39 is 5.91 Å².